The lowest BCUT2D eigenvalue weighted by Crippen LogP contribution is -2.51. The van der Waals surface area contributed by atoms with Crippen molar-refractivity contribution in [3.05, 3.63) is 28.7 Å². The summed E-state index contributed by atoms with van der Waals surface area (Å²) in [4.78, 5) is 36.2. The molecule has 1 aromatic carbocycles. The maximum Gasteiger partial charge on any atom is 0.344 e. The molecule has 124 valence electrons. The minimum Gasteiger partial charge on any atom is -0.481 e. The number of ether oxygens (including phenoxy) is 1. The number of halogens is 1. The van der Waals surface area contributed by atoms with Gasteiger partial charge in [-0.1, -0.05) is 22.9 Å². The maximum absolute atomic E-state index is 12.2. The van der Waals surface area contributed by atoms with Gasteiger partial charge in [-0.15, -0.1) is 0 Å². The molecule has 0 aliphatic carbocycles. The van der Waals surface area contributed by atoms with Crippen molar-refractivity contribution in [3.8, 4) is 5.75 Å². The molecule has 2 atom stereocenters. The molecule has 0 aromatic heterocycles. The van der Waals surface area contributed by atoms with Gasteiger partial charge in [-0.3, -0.25) is 15.0 Å². The van der Waals surface area contributed by atoms with Crippen molar-refractivity contribution in [1.29, 1.82) is 0 Å². The molecule has 23 heavy (non-hydrogen) atoms. The molecule has 1 aromatic rings. The zero-order valence-corrected chi connectivity index (χ0v) is 14.6. The molecule has 8 heteroatoms. The monoisotopic (exact) mass is 383 g/mol. The smallest absolute Gasteiger partial charge is 0.344 e. The Morgan fingerprint density at radius 1 is 1.39 bits per heavy atom. The van der Waals surface area contributed by atoms with Crippen LogP contribution in [-0.2, 0) is 9.59 Å². The summed E-state index contributed by atoms with van der Waals surface area (Å²) < 4.78 is 6.38. The van der Waals surface area contributed by atoms with Gasteiger partial charge in [-0.25, -0.2) is 4.79 Å². The van der Waals surface area contributed by atoms with Gasteiger partial charge in [-0.05, 0) is 44.5 Å². The molecule has 0 saturated carbocycles. The van der Waals surface area contributed by atoms with Crippen LogP contribution in [0, 0.1) is 0 Å². The minimum absolute atomic E-state index is 0.425. The number of nitrogens with zero attached hydrogens (tertiary/aromatic N) is 1. The molecule has 1 heterocycles. The standard InChI is InChI=1S/C15H18BrN3O4/c1-4-15(3)13(21)19(14(22)17-15)18-12(20)9(2)23-11-7-5-10(16)6-8-11/h5-9H,4H2,1-3H3,(H,17,22)(H,18,20). The number of amides is 4. The van der Waals surface area contributed by atoms with E-state index in [4.69, 9.17) is 4.74 Å². The number of rotatable bonds is 5. The Bertz CT molecular complexity index is 634. The predicted molar refractivity (Wildman–Crippen MR) is 86.4 cm³/mol. The average molecular weight is 384 g/mol. The molecule has 7 nitrogen and oxygen atoms in total. The lowest BCUT2D eigenvalue weighted by atomic mass is 10.00. The van der Waals surface area contributed by atoms with Crippen LogP contribution >= 0.6 is 15.9 Å². The zero-order valence-electron chi connectivity index (χ0n) is 13.1. The largest absolute Gasteiger partial charge is 0.481 e. The van der Waals surface area contributed by atoms with Gasteiger partial charge in [0.05, 0.1) is 0 Å². The van der Waals surface area contributed by atoms with Crippen LogP contribution in [-0.4, -0.2) is 34.5 Å². The summed E-state index contributed by atoms with van der Waals surface area (Å²) in [6.45, 7) is 4.93. The zero-order chi connectivity index (χ0) is 17.2. The molecule has 1 saturated heterocycles. The van der Waals surface area contributed by atoms with Crippen LogP contribution in [0.15, 0.2) is 28.7 Å². The van der Waals surface area contributed by atoms with Crippen LogP contribution in [0.5, 0.6) is 5.75 Å². The second-order valence-electron chi connectivity index (χ2n) is 5.45. The topological polar surface area (TPSA) is 87.7 Å². The van der Waals surface area contributed by atoms with Gasteiger partial charge in [0.15, 0.2) is 6.10 Å². The highest BCUT2D eigenvalue weighted by atomic mass is 79.9. The third kappa shape index (κ3) is 3.64. The van der Waals surface area contributed by atoms with Crippen LogP contribution in [0.2, 0.25) is 0 Å². The van der Waals surface area contributed by atoms with E-state index in [0.29, 0.717) is 17.2 Å². The van der Waals surface area contributed by atoms with E-state index < -0.39 is 29.5 Å². The second-order valence-corrected chi connectivity index (χ2v) is 6.36. The van der Waals surface area contributed by atoms with E-state index in [9.17, 15) is 14.4 Å². The van der Waals surface area contributed by atoms with Gasteiger partial charge in [0, 0.05) is 4.47 Å². The Kier molecular flexibility index (Phi) is 4.93. The summed E-state index contributed by atoms with van der Waals surface area (Å²) in [5.74, 6) is -0.572. The van der Waals surface area contributed by atoms with Crippen molar-refractivity contribution in [1.82, 2.24) is 15.8 Å². The SMILES string of the molecule is CCC1(C)NC(=O)N(NC(=O)C(C)Oc2ccc(Br)cc2)C1=O. The normalized spacial score (nSPS) is 21.8. The number of nitrogens with one attached hydrogen (secondary N) is 2. The van der Waals surface area contributed by atoms with Crippen LogP contribution in [0.3, 0.4) is 0 Å². The molecule has 2 N–H and O–H groups in total. The fourth-order valence-electron chi connectivity index (χ4n) is 2.00. The highest BCUT2D eigenvalue weighted by Crippen LogP contribution is 2.20. The molecule has 2 rings (SSSR count). The van der Waals surface area contributed by atoms with Gasteiger partial charge in [-0.2, -0.15) is 5.01 Å². The summed E-state index contributed by atoms with van der Waals surface area (Å²) in [6, 6.07) is 6.32. The Labute approximate surface area is 142 Å². The third-order valence-electron chi connectivity index (χ3n) is 3.69. The quantitative estimate of drug-likeness (QED) is 0.760. The van der Waals surface area contributed by atoms with Crippen LogP contribution < -0.4 is 15.5 Å². The molecule has 1 aliphatic rings. The van der Waals surface area contributed by atoms with Crippen molar-refractivity contribution >= 4 is 33.8 Å². The van der Waals surface area contributed by atoms with E-state index in [1.54, 1.807) is 38.1 Å². The van der Waals surface area contributed by atoms with E-state index in [2.05, 4.69) is 26.7 Å². The van der Waals surface area contributed by atoms with E-state index in [1.165, 1.54) is 6.92 Å². The number of urea groups is 1. The first-order valence-corrected chi connectivity index (χ1v) is 7.95. The molecular formula is C15H18BrN3O4. The number of carbonyl (C=O) groups excluding carboxylic acids is 3. The Morgan fingerprint density at radius 3 is 2.52 bits per heavy atom. The fraction of sp³-hybridized carbons (Fsp3) is 0.400. The van der Waals surface area contributed by atoms with Gasteiger partial charge in [0.1, 0.15) is 11.3 Å². The van der Waals surface area contributed by atoms with Crippen LogP contribution in [0.1, 0.15) is 27.2 Å². The highest BCUT2D eigenvalue weighted by Gasteiger charge is 2.47. The van der Waals surface area contributed by atoms with Crippen molar-refractivity contribution in [2.24, 2.45) is 0 Å². The maximum atomic E-state index is 12.2. The number of hydrazine groups is 1. The van der Waals surface area contributed by atoms with Gasteiger partial charge >= 0.3 is 6.03 Å². The molecule has 1 fully saturated rings. The highest BCUT2D eigenvalue weighted by molar-refractivity contribution is 9.10. The molecule has 0 bridgehead atoms. The number of hydrogen-bond donors (Lipinski definition) is 2. The van der Waals surface area contributed by atoms with E-state index in [-0.39, 0.29) is 0 Å². The minimum atomic E-state index is -1.000. The first-order valence-electron chi connectivity index (χ1n) is 7.16. The lowest BCUT2D eigenvalue weighted by Gasteiger charge is -2.21. The summed E-state index contributed by atoms with van der Waals surface area (Å²) >= 11 is 3.31. The van der Waals surface area contributed by atoms with Crippen molar-refractivity contribution in [2.75, 3.05) is 0 Å². The first kappa shape index (κ1) is 17.3. The summed E-state index contributed by atoms with van der Waals surface area (Å²) in [6.07, 6.45) is -0.445. The molecule has 1 aliphatic heterocycles. The van der Waals surface area contributed by atoms with Gasteiger partial charge < -0.3 is 10.1 Å². The fourth-order valence-corrected chi connectivity index (χ4v) is 2.26. The molecule has 4 amide bonds. The first-order chi connectivity index (χ1) is 10.8. The molecular weight excluding hydrogens is 366 g/mol. The molecule has 0 spiro atoms. The van der Waals surface area contributed by atoms with Crippen molar-refractivity contribution in [3.63, 3.8) is 0 Å². The second kappa shape index (κ2) is 6.57. The van der Waals surface area contributed by atoms with E-state index in [1.807, 2.05) is 0 Å². The summed E-state index contributed by atoms with van der Waals surface area (Å²) in [5.41, 5.74) is 1.30. The number of benzene rings is 1. The third-order valence-corrected chi connectivity index (χ3v) is 4.21. The number of carbonyl (C=O) groups is 3. The summed E-state index contributed by atoms with van der Waals surface area (Å²) in [5, 5.41) is 3.26. The van der Waals surface area contributed by atoms with Crippen molar-refractivity contribution < 1.29 is 19.1 Å². The average Bonchev–Trinajstić information content (AvgIpc) is 2.73. The summed E-state index contributed by atoms with van der Waals surface area (Å²) in [7, 11) is 0. The number of hydrogen-bond acceptors (Lipinski definition) is 4. The van der Waals surface area contributed by atoms with Gasteiger partial charge in [0.2, 0.25) is 0 Å². The lowest BCUT2D eigenvalue weighted by molar-refractivity contribution is -0.141. The van der Waals surface area contributed by atoms with Gasteiger partial charge in [0.25, 0.3) is 11.8 Å². The number of imide groups is 1. The van der Waals surface area contributed by atoms with E-state index in [0.717, 1.165) is 4.47 Å². The Hall–Kier alpha value is -2.09. The van der Waals surface area contributed by atoms with Crippen LogP contribution in [0.4, 0.5) is 4.79 Å². The van der Waals surface area contributed by atoms with E-state index >= 15 is 0 Å². The predicted octanol–water partition coefficient (Wildman–Crippen LogP) is 1.97. The van der Waals surface area contributed by atoms with Crippen molar-refractivity contribution in [2.45, 2.75) is 38.8 Å². The molecule has 2 unspecified atom stereocenters. The van der Waals surface area contributed by atoms with Crippen LogP contribution in [0.25, 0.3) is 0 Å². The Balaban J connectivity index is 2.00. The Morgan fingerprint density at radius 2 is 2.00 bits per heavy atom. The molecule has 0 radical (unpaired) electrons.